The second-order valence-corrected chi connectivity index (χ2v) is 4.79. The molecule has 0 aliphatic heterocycles. The van der Waals surface area contributed by atoms with E-state index in [0.29, 0.717) is 5.56 Å². The molecule has 0 radical (unpaired) electrons. The minimum absolute atomic E-state index is 0.0602. The summed E-state index contributed by atoms with van der Waals surface area (Å²) >= 11 is 6.11. The third-order valence-corrected chi connectivity index (χ3v) is 3.24. The molecule has 2 aromatic rings. The van der Waals surface area contributed by atoms with E-state index >= 15 is 0 Å². The van der Waals surface area contributed by atoms with Gasteiger partial charge in [-0.05, 0) is 24.1 Å². The Bertz CT molecular complexity index is 629. The Hall–Kier alpha value is -2.01. The van der Waals surface area contributed by atoms with Crippen LogP contribution in [0.2, 0.25) is 0 Å². The van der Waals surface area contributed by atoms with Crippen molar-refractivity contribution in [3.05, 3.63) is 75.3 Å². The van der Waals surface area contributed by atoms with Crippen LogP contribution >= 0.6 is 11.6 Å². The van der Waals surface area contributed by atoms with Gasteiger partial charge in [-0.2, -0.15) is 0 Å². The number of nitro groups is 1. The summed E-state index contributed by atoms with van der Waals surface area (Å²) in [5.74, 6) is -1.46. The van der Waals surface area contributed by atoms with Gasteiger partial charge in [0.25, 0.3) is 5.69 Å². The Morgan fingerprint density at radius 1 is 1.15 bits per heavy atom. The summed E-state index contributed by atoms with van der Waals surface area (Å²) in [6, 6.07) is 9.13. The van der Waals surface area contributed by atoms with Crippen LogP contribution in [-0.4, -0.2) is 4.92 Å². The van der Waals surface area contributed by atoms with Crippen LogP contribution in [0, 0.1) is 21.7 Å². The van der Waals surface area contributed by atoms with Gasteiger partial charge in [-0.3, -0.25) is 10.1 Å². The smallest absolute Gasteiger partial charge is 0.258 e. The molecule has 0 spiro atoms. The van der Waals surface area contributed by atoms with E-state index in [1.165, 1.54) is 6.07 Å². The normalized spacial score (nSPS) is 12.2. The van der Waals surface area contributed by atoms with E-state index in [0.717, 1.165) is 18.2 Å². The monoisotopic (exact) mass is 297 g/mol. The molecule has 104 valence electrons. The number of alkyl halides is 1. The van der Waals surface area contributed by atoms with Crippen LogP contribution in [0.15, 0.2) is 42.5 Å². The number of nitrogens with zero attached hydrogens (tertiary/aromatic N) is 1. The van der Waals surface area contributed by atoms with Crippen molar-refractivity contribution in [2.45, 2.75) is 11.8 Å². The molecule has 0 N–H and O–H groups in total. The molecule has 0 fully saturated rings. The Balaban J connectivity index is 2.28. The molecule has 2 rings (SSSR count). The van der Waals surface area contributed by atoms with Gasteiger partial charge in [0.05, 0.1) is 10.3 Å². The van der Waals surface area contributed by atoms with Gasteiger partial charge in [0.1, 0.15) is 11.6 Å². The minimum atomic E-state index is -0.749. The highest BCUT2D eigenvalue weighted by Crippen LogP contribution is 2.30. The highest BCUT2D eigenvalue weighted by Gasteiger charge is 2.18. The zero-order valence-corrected chi connectivity index (χ0v) is 11.0. The first-order valence-electron chi connectivity index (χ1n) is 5.79. The predicted octanol–water partition coefficient (Wildman–Crippen LogP) is 4.40. The zero-order chi connectivity index (χ0) is 14.7. The second-order valence-electron chi connectivity index (χ2n) is 4.26. The molecule has 0 bridgehead atoms. The van der Waals surface area contributed by atoms with Crippen LogP contribution in [-0.2, 0) is 6.42 Å². The molecule has 0 saturated heterocycles. The average Bonchev–Trinajstić information content (AvgIpc) is 2.37. The summed E-state index contributed by atoms with van der Waals surface area (Å²) in [7, 11) is 0. The quantitative estimate of drug-likeness (QED) is 0.477. The van der Waals surface area contributed by atoms with Gasteiger partial charge >= 0.3 is 0 Å². The summed E-state index contributed by atoms with van der Waals surface area (Å²) in [5, 5.41) is 10.1. The number of hydrogen-bond donors (Lipinski definition) is 0. The fourth-order valence-electron chi connectivity index (χ4n) is 1.93. The van der Waals surface area contributed by atoms with Crippen molar-refractivity contribution in [2.75, 3.05) is 0 Å². The third kappa shape index (κ3) is 3.30. The van der Waals surface area contributed by atoms with Crippen LogP contribution < -0.4 is 0 Å². The van der Waals surface area contributed by atoms with Crippen LogP contribution in [0.3, 0.4) is 0 Å². The highest BCUT2D eigenvalue weighted by molar-refractivity contribution is 6.20. The first kappa shape index (κ1) is 14.4. The summed E-state index contributed by atoms with van der Waals surface area (Å²) in [5.41, 5.74) is 0.611. The standard InChI is InChI=1S/C14H10ClF2NO2/c15-13(10-5-11(16)8-12(17)6-10)7-9-3-1-2-4-14(9)18(19)20/h1-6,8,13H,7H2. The van der Waals surface area contributed by atoms with Crippen molar-refractivity contribution >= 4 is 17.3 Å². The molecule has 0 aliphatic carbocycles. The fourth-order valence-corrected chi connectivity index (χ4v) is 2.22. The highest BCUT2D eigenvalue weighted by atomic mass is 35.5. The Morgan fingerprint density at radius 3 is 2.35 bits per heavy atom. The summed E-state index contributed by atoms with van der Waals surface area (Å²) < 4.78 is 26.3. The van der Waals surface area contributed by atoms with Gasteiger partial charge < -0.3 is 0 Å². The second kappa shape index (κ2) is 5.96. The van der Waals surface area contributed by atoms with E-state index in [1.807, 2.05) is 0 Å². The summed E-state index contributed by atoms with van der Waals surface area (Å²) in [6.07, 6.45) is 0.113. The van der Waals surface area contributed by atoms with E-state index in [-0.39, 0.29) is 17.7 Å². The lowest BCUT2D eigenvalue weighted by Gasteiger charge is -2.10. The van der Waals surface area contributed by atoms with E-state index in [1.54, 1.807) is 18.2 Å². The predicted molar refractivity (Wildman–Crippen MR) is 71.8 cm³/mol. The SMILES string of the molecule is O=[N+]([O-])c1ccccc1CC(Cl)c1cc(F)cc(F)c1. The van der Waals surface area contributed by atoms with E-state index in [9.17, 15) is 18.9 Å². The van der Waals surface area contributed by atoms with Crippen molar-refractivity contribution < 1.29 is 13.7 Å². The number of benzene rings is 2. The molecule has 1 unspecified atom stereocenters. The van der Waals surface area contributed by atoms with Crippen LogP contribution in [0.5, 0.6) is 0 Å². The van der Waals surface area contributed by atoms with Crippen molar-refractivity contribution in [3.63, 3.8) is 0 Å². The van der Waals surface area contributed by atoms with Gasteiger partial charge in [0.15, 0.2) is 0 Å². The van der Waals surface area contributed by atoms with Gasteiger partial charge in [-0.15, -0.1) is 11.6 Å². The van der Waals surface area contributed by atoms with Crippen molar-refractivity contribution in [1.29, 1.82) is 0 Å². The van der Waals surface area contributed by atoms with Crippen LogP contribution in [0.4, 0.5) is 14.5 Å². The summed E-state index contributed by atoms with van der Waals surface area (Å²) in [4.78, 5) is 10.4. The molecule has 20 heavy (non-hydrogen) atoms. The number of hydrogen-bond acceptors (Lipinski definition) is 2. The van der Waals surface area contributed by atoms with Gasteiger partial charge in [-0.1, -0.05) is 18.2 Å². The average molecular weight is 298 g/mol. The minimum Gasteiger partial charge on any atom is -0.258 e. The first-order valence-corrected chi connectivity index (χ1v) is 6.23. The van der Waals surface area contributed by atoms with Crippen molar-refractivity contribution in [2.24, 2.45) is 0 Å². The molecule has 0 aliphatic rings. The third-order valence-electron chi connectivity index (χ3n) is 2.83. The number of nitro benzene ring substituents is 1. The lowest BCUT2D eigenvalue weighted by atomic mass is 10.0. The van der Waals surface area contributed by atoms with Crippen LogP contribution in [0.1, 0.15) is 16.5 Å². The molecular weight excluding hydrogens is 288 g/mol. The van der Waals surface area contributed by atoms with Crippen molar-refractivity contribution in [1.82, 2.24) is 0 Å². The van der Waals surface area contributed by atoms with Gasteiger partial charge in [0.2, 0.25) is 0 Å². The maximum Gasteiger partial charge on any atom is 0.272 e. The Kier molecular flexibility index (Phi) is 4.29. The molecule has 0 aromatic heterocycles. The first-order chi connectivity index (χ1) is 9.47. The van der Waals surface area contributed by atoms with Gasteiger partial charge in [-0.25, -0.2) is 8.78 Å². The van der Waals surface area contributed by atoms with E-state index < -0.39 is 21.9 Å². The number of para-hydroxylation sites is 1. The summed E-state index contributed by atoms with van der Waals surface area (Å²) in [6.45, 7) is 0. The molecule has 3 nitrogen and oxygen atoms in total. The number of halogens is 3. The van der Waals surface area contributed by atoms with E-state index in [2.05, 4.69) is 0 Å². The lowest BCUT2D eigenvalue weighted by molar-refractivity contribution is -0.385. The van der Waals surface area contributed by atoms with Crippen LogP contribution in [0.25, 0.3) is 0 Å². The largest absolute Gasteiger partial charge is 0.272 e. The molecule has 2 aromatic carbocycles. The molecule has 0 amide bonds. The maximum absolute atomic E-state index is 13.1. The topological polar surface area (TPSA) is 43.1 Å². The molecule has 0 heterocycles. The maximum atomic E-state index is 13.1. The molecule has 6 heteroatoms. The Labute approximate surface area is 119 Å². The van der Waals surface area contributed by atoms with E-state index in [4.69, 9.17) is 11.6 Å². The van der Waals surface area contributed by atoms with Gasteiger partial charge in [0, 0.05) is 17.7 Å². The molecular formula is C14H10ClF2NO2. The lowest BCUT2D eigenvalue weighted by Crippen LogP contribution is -2.01. The molecule has 1 atom stereocenters. The Morgan fingerprint density at radius 2 is 1.75 bits per heavy atom. The number of rotatable bonds is 4. The zero-order valence-electron chi connectivity index (χ0n) is 10.2. The molecule has 0 saturated carbocycles. The van der Waals surface area contributed by atoms with Crippen molar-refractivity contribution in [3.8, 4) is 0 Å². The fraction of sp³-hybridized carbons (Fsp3) is 0.143.